The van der Waals surface area contributed by atoms with Gasteiger partial charge in [0.15, 0.2) is 17.3 Å². The first-order chi connectivity index (χ1) is 33.5. The van der Waals surface area contributed by atoms with Gasteiger partial charge in [0.2, 0.25) is 0 Å². The molecule has 1 aromatic carbocycles. The van der Waals surface area contributed by atoms with Crippen molar-refractivity contribution in [2.24, 2.45) is 85.8 Å². The summed E-state index contributed by atoms with van der Waals surface area (Å²) in [6.07, 6.45) is 32.3. The van der Waals surface area contributed by atoms with Gasteiger partial charge in [0.25, 0.3) is 0 Å². The molecule has 9 fully saturated rings. The van der Waals surface area contributed by atoms with Crippen LogP contribution in [0.3, 0.4) is 0 Å². The number of carbonyl (C=O) groups excluding carboxylic acids is 3. The van der Waals surface area contributed by atoms with Crippen molar-refractivity contribution in [1.82, 2.24) is 0 Å². The lowest BCUT2D eigenvalue weighted by molar-refractivity contribution is -0.127. The average Bonchev–Trinajstić information content (AvgIpc) is 3.98. The molecule has 18 atom stereocenters. The molecule has 0 aromatic heterocycles. The molecule has 12 aliphatic carbocycles. The molecule has 0 radical (unpaired) electrons. The van der Waals surface area contributed by atoms with Gasteiger partial charge in [-0.1, -0.05) is 88.6 Å². The number of fused-ring (bicyclic) bond motifs is 15. The molecule has 13 rings (SSSR count). The number of hydrogen-bond donors (Lipinski definition) is 0. The maximum Gasteiger partial charge on any atom is 0.537 e. The van der Waals surface area contributed by atoms with Crippen molar-refractivity contribution in [2.75, 3.05) is 0 Å². The van der Waals surface area contributed by atoms with Crippen LogP contribution in [0.4, 0.5) is 0 Å². The summed E-state index contributed by atoms with van der Waals surface area (Å²) in [5.74, 6) is 6.75. The summed E-state index contributed by atoms with van der Waals surface area (Å²) < 4.78 is 25.0. The van der Waals surface area contributed by atoms with Crippen LogP contribution in [-0.4, -0.2) is 44.5 Å². The Labute approximate surface area is 422 Å². The summed E-state index contributed by atoms with van der Waals surface area (Å²) in [6.45, 7) is 15.4. The fourth-order valence-electron chi connectivity index (χ4n) is 21.6. The van der Waals surface area contributed by atoms with Gasteiger partial charge in [0.05, 0.1) is 18.3 Å². The summed E-state index contributed by atoms with van der Waals surface area (Å²) in [4.78, 5) is 38.2. The van der Waals surface area contributed by atoms with Gasteiger partial charge >= 0.3 is 8.80 Å². The van der Waals surface area contributed by atoms with Crippen LogP contribution in [-0.2, 0) is 27.7 Å². The Bertz CT molecular complexity index is 2190. The molecular formula is C63H86O6Si. The maximum atomic E-state index is 12.7. The minimum Gasteiger partial charge on any atom is -0.366 e. The second-order valence-electron chi connectivity index (χ2n) is 28.0. The highest BCUT2D eigenvalue weighted by atomic mass is 28.4. The van der Waals surface area contributed by atoms with E-state index in [0.29, 0.717) is 89.9 Å². The van der Waals surface area contributed by atoms with Crippen LogP contribution < -0.4 is 5.19 Å². The molecule has 1 aromatic rings. The third kappa shape index (κ3) is 6.79. The predicted octanol–water partition coefficient (Wildman–Crippen LogP) is 13.6. The van der Waals surface area contributed by atoms with Gasteiger partial charge in [-0.25, -0.2) is 0 Å². The third-order valence-electron chi connectivity index (χ3n) is 25.6. The van der Waals surface area contributed by atoms with Crippen LogP contribution in [0.2, 0.25) is 0 Å². The van der Waals surface area contributed by atoms with Crippen molar-refractivity contribution >= 4 is 31.3 Å². The van der Waals surface area contributed by atoms with Crippen LogP contribution in [0.15, 0.2) is 65.3 Å². The highest BCUT2D eigenvalue weighted by Crippen LogP contribution is 2.70. The smallest absolute Gasteiger partial charge is 0.366 e. The fourth-order valence-corrected chi connectivity index (χ4v) is 25.1. The molecule has 7 heteroatoms. The van der Waals surface area contributed by atoms with Gasteiger partial charge < -0.3 is 13.3 Å². The Balaban J connectivity index is 0.851. The van der Waals surface area contributed by atoms with Crippen molar-refractivity contribution in [3.8, 4) is 0 Å². The molecule has 378 valence electrons. The van der Waals surface area contributed by atoms with Crippen LogP contribution in [0, 0.1) is 85.8 Å². The van der Waals surface area contributed by atoms with Crippen molar-refractivity contribution in [3.63, 3.8) is 0 Å². The molecule has 6 nitrogen and oxygen atoms in total. The van der Waals surface area contributed by atoms with Crippen molar-refractivity contribution in [2.45, 2.75) is 214 Å². The first kappa shape index (κ1) is 47.3. The number of ketones is 3. The quantitative estimate of drug-likeness (QED) is 0.253. The Hall–Kier alpha value is -2.45. The molecule has 0 bridgehead atoms. The van der Waals surface area contributed by atoms with E-state index < -0.39 is 8.80 Å². The van der Waals surface area contributed by atoms with Crippen LogP contribution in [0.1, 0.15) is 196 Å². The maximum absolute atomic E-state index is 12.7. The topological polar surface area (TPSA) is 78.9 Å². The second-order valence-corrected chi connectivity index (χ2v) is 30.4. The molecule has 0 amide bonds. The number of benzene rings is 1. The Morgan fingerprint density at radius 3 is 1.04 bits per heavy atom. The van der Waals surface area contributed by atoms with E-state index in [0.717, 1.165) is 57.8 Å². The Kier molecular flexibility index (Phi) is 11.2. The zero-order valence-electron chi connectivity index (χ0n) is 44.0. The van der Waals surface area contributed by atoms with Crippen molar-refractivity contribution in [3.05, 3.63) is 65.3 Å². The van der Waals surface area contributed by atoms with Crippen molar-refractivity contribution in [1.29, 1.82) is 0 Å². The normalized spacial score (nSPS) is 49.3. The predicted molar refractivity (Wildman–Crippen MR) is 277 cm³/mol. The van der Waals surface area contributed by atoms with E-state index in [-0.39, 0.29) is 50.8 Å². The number of hydrogen-bond acceptors (Lipinski definition) is 6. The summed E-state index contributed by atoms with van der Waals surface area (Å²) >= 11 is 0. The minimum atomic E-state index is -3.66. The molecule has 0 saturated heterocycles. The SMILES string of the molecule is C[C@]12CC[C@H]3[C@@H](CCC4=CC(=O)CC[C@@]43C)[C@@H]1CC[C@@H]2O[Si](O[C@H]1CC[C@H]2[C@@H]3CCC4=CC(=O)CC[C@]4(C)[C@H]3CC[C@]12C)(O[C@H]1CC[C@H]2[C@@H]3CCC4=CC(=O)CC[C@]4(C)[C@H]3CC[C@]12C)c1ccccc1. The number of allylic oxidation sites excluding steroid dienone is 3. The monoisotopic (exact) mass is 967 g/mol. The van der Waals surface area contributed by atoms with Gasteiger partial charge in [-0.3, -0.25) is 14.4 Å². The summed E-state index contributed by atoms with van der Waals surface area (Å²) in [5, 5.41) is 1.17. The van der Waals surface area contributed by atoms with E-state index in [2.05, 4.69) is 90.1 Å². The molecule has 12 aliphatic rings. The van der Waals surface area contributed by atoms with Crippen LogP contribution in [0.5, 0.6) is 0 Å². The van der Waals surface area contributed by atoms with Crippen LogP contribution in [0.25, 0.3) is 0 Å². The van der Waals surface area contributed by atoms with Gasteiger partial charge in [0, 0.05) is 24.4 Å². The molecule has 9 saturated carbocycles. The molecule has 0 heterocycles. The van der Waals surface area contributed by atoms with E-state index in [1.54, 1.807) is 0 Å². The molecular weight excluding hydrogens is 881 g/mol. The molecule has 0 spiro atoms. The number of rotatable bonds is 7. The summed E-state index contributed by atoms with van der Waals surface area (Å²) in [5.41, 5.74) is 4.92. The minimum absolute atomic E-state index is 0.0393. The van der Waals surface area contributed by atoms with E-state index in [4.69, 9.17) is 13.3 Å². The first-order valence-corrected chi connectivity index (χ1v) is 31.0. The van der Waals surface area contributed by atoms with Crippen LogP contribution >= 0.6 is 0 Å². The highest BCUT2D eigenvalue weighted by molar-refractivity contribution is 6.75. The number of carbonyl (C=O) groups is 3. The lowest BCUT2D eigenvalue weighted by atomic mass is 9.47. The van der Waals surface area contributed by atoms with Gasteiger partial charge in [-0.2, -0.15) is 0 Å². The lowest BCUT2D eigenvalue weighted by Crippen LogP contribution is -2.65. The van der Waals surface area contributed by atoms with Gasteiger partial charge in [-0.15, -0.1) is 0 Å². The standard InChI is InChI=1S/C63H86O6Si/c1-58-30-24-42(64)36-39(58)12-15-46-49-18-21-55(61(49,4)33-27-52(46)58)67-70(45-10-8-7-9-11-45,68-56-22-19-50-47-16-13-40-37-43(65)25-31-59(40,2)53(47)28-34-62(50,56)5)69-57-23-20-51-48-17-14-41-38-44(66)26-32-60(41,3)54(48)29-35-63(51,57)6/h7-11,36-38,46-57H,12-35H2,1-6H3/t46-,47-,48-,49-,50-,51-,52-,53-,54-,55-,56-,57-,58-,59-,60-,61-,62-,63-/m0/s1. The largest absolute Gasteiger partial charge is 0.537 e. The van der Waals surface area contributed by atoms with Crippen molar-refractivity contribution < 1.29 is 27.7 Å². The first-order valence-electron chi connectivity index (χ1n) is 29.3. The third-order valence-corrected chi connectivity index (χ3v) is 28.5. The van der Waals surface area contributed by atoms with Gasteiger partial charge in [0.1, 0.15) is 0 Å². The van der Waals surface area contributed by atoms with E-state index in [1.165, 1.54) is 99.0 Å². The zero-order chi connectivity index (χ0) is 48.2. The summed E-state index contributed by atoms with van der Waals surface area (Å²) in [7, 11) is -3.66. The second kappa shape index (κ2) is 16.5. The Morgan fingerprint density at radius 2 is 0.714 bits per heavy atom. The van der Waals surface area contributed by atoms with E-state index >= 15 is 0 Å². The lowest BCUT2D eigenvalue weighted by Gasteiger charge is -2.59. The molecule has 70 heavy (non-hydrogen) atoms. The Morgan fingerprint density at radius 1 is 0.386 bits per heavy atom. The highest BCUT2D eigenvalue weighted by Gasteiger charge is 2.67. The summed E-state index contributed by atoms with van der Waals surface area (Å²) in [6, 6.07) is 11.3. The molecule has 0 aliphatic heterocycles. The van der Waals surface area contributed by atoms with E-state index in [9.17, 15) is 14.4 Å². The van der Waals surface area contributed by atoms with Gasteiger partial charge in [-0.05, 0) is 239 Å². The zero-order valence-corrected chi connectivity index (χ0v) is 45.0. The molecule has 0 unspecified atom stereocenters. The fraction of sp³-hybridized carbons (Fsp3) is 0.762. The van der Waals surface area contributed by atoms with E-state index in [1.807, 2.05) is 0 Å². The average molecular weight is 967 g/mol. The molecule has 0 N–H and O–H groups in total.